The highest BCUT2D eigenvalue weighted by Crippen LogP contribution is 2.18. The van der Waals surface area contributed by atoms with Crippen LogP contribution in [0.1, 0.15) is 37.0 Å². The molecule has 0 saturated carbocycles. The second kappa shape index (κ2) is 5.96. The van der Waals surface area contributed by atoms with Gasteiger partial charge in [-0.25, -0.2) is 4.98 Å². The van der Waals surface area contributed by atoms with Crippen LogP contribution in [0.4, 0.5) is 0 Å². The monoisotopic (exact) mass is 241 g/mol. The Morgan fingerprint density at radius 3 is 2.81 bits per heavy atom. The van der Waals surface area contributed by atoms with Gasteiger partial charge in [-0.2, -0.15) is 0 Å². The molecule has 3 N–H and O–H groups in total. The average Bonchev–Trinajstić information content (AvgIpc) is 2.65. The Bertz CT molecular complexity index is 351. The van der Waals surface area contributed by atoms with Gasteiger partial charge < -0.3 is 11.1 Å². The Kier molecular flexibility index (Phi) is 4.89. The Labute approximate surface area is 100 Å². The van der Waals surface area contributed by atoms with Gasteiger partial charge in [-0.3, -0.25) is 4.79 Å². The van der Waals surface area contributed by atoms with Crippen molar-refractivity contribution in [2.45, 2.75) is 33.2 Å². The van der Waals surface area contributed by atoms with E-state index in [1.807, 2.05) is 26.2 Å². The summed E-state index contributed by atoms with van der Waals surface area (Å²) in [6.07, 6.45) is 0.718. The normalized spacial score (nSPS) is 14.5. The molecule has 0 aromatic carbocycles. The number of amides is 1. The highest BCUT2D eigenvalue weighted by molar-refractivity contribution is 7.09. The number of thiazole rings is 1. The van der Waals surface area contributed by atoms with Crippen molar-refractivity contribution in [1.82, 2.24) is 10.3 Å². The molecule has 0 bridgehead atoms. The van der Waals surface area contributed by atoms with Crippen LogP contribution < -0.4 is 11.1 Å². The number of aromatic nitrogens is 1. The lowest BCUT2D eigenvalue weighted by Gasteiger charge is -2.15. The molecule has 0 spiro atoms. The van der Waals surface area contributed by atoms with Crippen molar-refractivity contribution in [3.63, 3.8) is 0 Å². The molecule has 0 aliphatic carbocycles. The maximum absolute atomic E-state index is 11.7. The highest BCUT2D eigenvalue weighted by atomic mass is 32.1. The van der Waals surface area contributed by atoms with Gasteiger partial charge in [-0.05, 0) is 26.8 Å². The topological polar surface area (TPSA) is 68.0 Å². The molecule has 4 nitrogen and oxygen atoms in total. The minimum Gasteiger partial charge on any atom is -0.347 e. The molecule has 0 fully saturated rings. The molecule has 2 atom stereocenters. The van der Waals surface area contributed by atoms with E-state index >= 15 is 0 Å². The van der Waals surface area contributed by atoms with E-state index in [9.17, 15) is 4.79 Å². The largest absolute Gasteiger partial charge is 0.347 e. The maximum Gasteiger partial charge on any atom is 0.223 e. The minimum atomic E-state index is -0.0338. The van der Waals surface area contributed by atoms with Crippen LogP contribution in [0.25, 0.3) is 0 Å². The first-order valence-electron chi connectivity index (χ1n) is 5.47. The van der Waals surface area contributed by atoms with Crippen LogP contribution >= 0.6 is 11.3 Å². The fraction of sp³-hybridized carbons (Fsp3) is 0.636. The number of rotatable bonds is 5. The molecule has 1 amide bonds. The third-order valence-electron chi connectivity index (χ3n) is 2.41. The SMILES string of the molecule is Cc1csc(C(C)NC(=O)C(C)CCN)n1. The molecular formula is C11H19N3OS. The summed E-state index contributed by atoms with van der Waals surface area (Å²) in [4.78, 5) is 16.1. The summed E-state index contributed by atoms with van der Waals surface area (Å²) in [5.74, 6) is 0.0133. The molecule has 0 radical (unpaired) electrons. The lowest BCUT2D eigenvalue weighted by molar-refractivity contribution is -0.125. The molecule has 1 heterocycles. The summed E-state index contributed by atoms with van der Waals surface area (Å²) in [5.41, 5.74) is 6.42. The van der Waals surface area contributed by atoms with Crippen molar-refractivity contribution in [3.8, 4) is 0 Å². The van der Waals surface area contributed by atoms with Crippen molar-refractivity contribution in [2.75, 3.05) is 6.54 Å². The Hall–Kier alpha value is -0.940. The molecule has 1 aromatic rings. The van der Waals surface area contributed by atoms with Gasteiger partial charge in [0, 0.05) is 17.0 Å². The van der Waals surface area contributed by atoms with Crippen molar-refractivity contribution < 1.29 is 4.79 Å². The van der Waals surface area contributed by atoms with E-state index in [-0.39, 0.29) is 17.9 Å². The zero-order valence-electron chi connectivity index (χ0n) is 9.99. The Morgan fingerprint density at radius 1 is 1.62 bits per heavy atom. The standard InChI is InChI=1S/C11H19N3OS/c1-7(4-5-12)10(15)14-9(3)11-13-8(2)6-16-11/h6-7,9H,4-5,12H2,1-3H3,(H,14,15). The first-order chi connectivity index (χ1) is 7.54. The molecule has 0 aliphatic rings. The van der Waals surface area contributed by atoms with Crippen LogP contribution in [-0.2, 0) is 4.79 Å². The number of aryl methyl sites for hydroxylation is 1. The zero-order chi connectivity index (χ0) is 12.1. The van der Waals surface area contributed by atoms with Crippen molar-refractivity contribution in [2.24, 2.45) is 11.7 Å². The number of nitrogens with zero attached hydrogens (tertiary/aromatic N) is 1. The summed E-state index contributed by atoms with van der Waals surface area (Å²) in [7, 11) is 0. The first-order valence-corrected chi connectivity index (χ1v) is 6.35. The van der Waals surface area contributed by atoms with Gasteiger partial charge in [-0.1, -0.05) is 6.92 Å². The predicted molar refractivity (Wildman–Crippen MR) is 66.2 cm³/mol. The summed E-state index contributed by atoms with van der Waals surface area (Å²) in [6.45, 7) is 6.33. The third-order valence-corrected chi connectivity index (χ3v) is 3.56. The molecule has 90 valence electrons. The molecule has 1 aromatic heterocycles. The average molecular weight is 241 g/mol. The van der Waals surface area contributed by atoms with Crippen LogP contribution in [0.2, 0.25) is 0 Å². The molecule has 0 aliphatic heterocycles. The third kappa shape index (κ3) is 3.57. The molecule has 5 heteroatoms. The Morgan fingerprint density at radius 2 is 2.31 bits per heavy atom. The number of hydrogen-bond donors (Lipinski definition) is 2. The van der Waals surface area contributed by atoms with Gasteiger partial charge in [0.2, 0.25) is 5.91 Å². The van der Waals surface area contributed by atoms with E-state index < -0.39 is 0 Å². The van der Waals surface area contributed by atoms with Gasteiger partial charge in [0.1, 0.15) is 5.01 Å². The van der Waals surface area contributed by atoms with E-state index in [2.05, 4.69) is 10.3 Å². The van der Waals surface area contributed by atoms with Crippen LogP contribution in [0.15, 0.2) is 5.38 Å². The molecule has 1 rings (SSSR count). The smallest absolute Gasteiger partial charge is 0.223 e. The van der Waals surface area contributed by atoms with Crippen molar-refractivity contribution >= 4 is 17.2 Å². The number of carbonyl (C=O) groups excluding carboxylic acids is 1. The van der Waals surface area contributed by atoms with Gasteiger partial charge in [0.05, 0.1) is 6.04 Å². The van der Waals surface area contributed by atoms with Crippen molar-refractivity contribution in [1.29, 1.82) is 0 Å². The van der Waals surface area contributed by atoms with Crippen LogP contribution in [0.5, 0.6) is 0 Å². The van der Waals surface area contributed by atoms with Gasteiger partial charge in [0.15, 0.2) is 0 Å². The number of hydrogen-bond acceptors (Lipinski definition) is 4. The molecule has 16 heavy (non-hydrogen) atoms. The van der Waals surface area contributed by atoms with E-state index in [0.717, 1.165) is 17.1 Å². The lowest BCUT2D eigenvalue weighted by atomic mass is 10.1. The zero-order valence-corrected chi connectivity index (χ0v) is 10.8. The highest BCUT2D eigenvalue weighted by Gasteiger charge is 2.16. The molecule has 0 saturated heterocycles. The number of carbonyl (C=O) groups is 1. The van der Waals surface area contributed by atoms with E-state index in [0.29, 0.717) is 6.54 Å². The maximum atomic E-state index is 11.7. The molecule has 2 unspecified atom stereocenters. The fourth-order valence-corrected chi connectivity index (χ4v) is 2.17. The summed E-state index contributed by atoms with van der Waals surface area (Å²) in [5, 5.41) is 5.88. The van der Waals surface area contributed by atoms with Crippen molar-refractivity contribution in [3.05, 3.63) is 16.1 Å². The summed E-state index contributed by atoms with van der Waals surface area (Å²) in [6, 6.07) is -0.0218. The van der Waals surface area contributed by atoms with E-state index in [4.69, 9.17) is 5.73 Å². The predicted octanol–water partition coefficient (Wildman–Crippen LogP) is 1.61. The van der Waals surface area contributed by atoms with Crippen LogP contribution in [-0.4, -0.2) is 17.4 Å². The van der Waals surface area contributed by atoms with Crippen LogP contribution in [0.3, 0.4) is 0 Å². The Balaban J connectivity index is 2.51. The van der Waals surface area contributed by atoms with Gasteiger partial charge in [-0.15, -0.1) is 11.3 Å². The van der Waals surface area contributed by atoms with E-state index in [1.165, 1.54) is 0 Å². The summed E-state index contributed by atoms with van der Waals surface area (Å²) < 4.78 is 0. The number of nitrogens with two attached hydrogens (primary N) is 1. The van der Waals surface area contributed by atoms with Gasteiger partial charge in [0.25, 0.3) is 0 Å². The van der Waals surface area contributed by atoms with Crippen LogP contribution in [0, 0.1) is 12.8 Å². The quantitative estimate of drug-likeness (QED) is 0.823. The minimum absolute atomic E-state index is 0.0218. The first kappa shape index (κ1) is 13.1. The lowest BCUT2D eigenvalue weighted by Crippen LogP contribution is -2.32. The van der Waals surface area contributed by atoms with E-state index in [1.54, 1.807) is 11.3 Å². The molecular weight excluding hydrogens is 222 g/mol. The second-order valence-corrected chi connectivity index (χ2v) is 4.93. The second-order valence-electron chi connectivity index (χ2n) is 4.04. The number of nitrogens with one attached hydrogen (secondary N) is 1. The fourth-order valence-electron chi connectivity index (χ4n) is 1.37. The van der Waals surface area contributed by atoms with Gasteiger partial charge >= 0.3 is 0 Å². The summed E-state index contributed by atoms with van der Waals surface area (Å²) >= 11 is 1.57.